The van der Waals surface area contributed by atoms with Crippen LogP contribution in [0.5, 0.6) is 0 Å². The minimum Gasteiger partial charge on any atom is -0.352 e. The molecule has 140 valence electrons. The predicted molar refractivity (Wildman–Crippen MR) is 89.1 cm³/mol. The fourth-order valence-electron chi connectivity index (χ4n) is 2.79. The highest BCUT2D eigenvalue weighted by Crippen LogP contribution is 2.36. The molecule has 0 fully saturated rings. The summed E-state index contributed by atoms with van der Waals surface area (Å²) in [7, 11) is 0. The fraction of sp³-hybridized carbons (Fsp3) is 0.158. The number of alkyl halides is 3. The molecular weight excluding hydrogens is 367 g/mol. The Bertz CT molecular complexity index is 981. The van der Waals surface area contributed by atoms with Gasteiger partial charge in [0.25, 0.3) is 5.91 Å². The number of hydrogen-bond donors (Lipinski definition) is 1. The SMILES string of the molecule is O=C(NCCc1c(F)cccc1F)c1cnc2ccccc2c1C(F)(F)F. The van der Waals surface area contributed by atoms with Crippen LogP contribution in [0, 0.1) is 11.6 Å². The number of para-hydroxylation sites is 1. The number of hydrogen-bond acceptors (Lipinski definition) is 2. The summed E-state index contributed by atoms with van der Waals surface area (Å²) in [6, 6.07) is 8.93. The highest BCUT2D eigenvalue weighted by atomic mass is 19.4. The molecule has 0 atom stereocenters. The molecule has 0 saturated carbocycles. The smallest absolute Gasteiger partial charge is 0.352 e. The second-order valence-electron chi connectivity index (χ2n) is 5.77. The predicted octanol–water partition coefficient (Wildman–Crippen LogP) is 4.50. The molecule has 27 heavy (non-hydrogen) atoms. The molecule has 8 heteroatoms. The zero-order chi connectivity index (χ0) is 19.6. The zero-order valence-electron chi connectivity index (χ0n) is 13.8. The van der Waals surface area contributed by atoms with Crippen molar-refractivity contribution in [3.8, 4) is 0 Å². The Morgan fingerprint density at radius 1 is 1.00 bits per heavy atom. The average molecular weight is 380 g/mol. The fourth-order valence-corrected chi connectivity index (χ4v) is 2.79. The van der Waals surface area contributed by atoms with E-state index >= 15 is 0 Å². The third-order valence-corrected chi connectivity index (χ3v) is 4.03. The molecule has 1 amide bonds. The van der Waals surface area contributed by atoms with Crippen LogP contribution in [-0.2, 0) is 12.6 Å². The van der Waals surface area contributed by atoms with Gasteiger partial charge in [-0.1, -0.05) is 24.3 Å². The molecule has 3 rings (SSSR count). The number of carbonyl (C=O) groups is 1. The zero-order valence-corrected chi connectivity index (χ0v) is 13.8. The number of benzene rings is 2. The Labute approximate surface area is 150 Å². The van der Waals surface area contributed by atoms with Gasteiger partial charge in [0, 0.05) is 23.7 Å². The molecule has 1 aromatic heterocycles. The van der Waals surface area contributed by atoms with Gasteiger partial charge >= 0.3 is 6.18 Å². The van der Waals surface area contributed by atoms with Crippen molar-refractivity contribution in [1.82, 2.24) is 10.3 Å². The summed E-state index contributed by atoms with van der Waals surface area (Å²) < 4.78 is 67.7. The van der Waals surface area contributed by atoms with E-state index in [0.29, 0.717) is 0 Å². The molecular formula is C19H13F5N2O. The number of carbonyl (C=O) groups excluding carboxylic acids is 1. The molecule has 0 aliphatic carbocycles. The minimum atomic E-state index is -4.77. The Morgan fingerprint density at radius 2 is 1.67 bits per heavy atom. The Morgan fingerprint density at radius 3 is 2.33 bits per heavy atom. The first kappa shape index (κ1) is 18.8. The van der Waals surface area contributed by atoms with Crippen molar-refractivity contribution in [2.24, 2.45) is 0 Å². The number of rotatable bonds is 4. The summed E-state index contributed by atoms with van der Waals surface area (Å²) in [6.45, 7) is -0.235. The van der Waals surface area contributed by atoms with E-state index in [-0.39, 0.29) is 29.4 Å². The molecule has 0 saturated heterocycles. The van der Waals surface area contributed by atoms with Crippen molar-refractivity contribution in [1.29, 1.82) is 0 Å². The molecule has 1 heterocycles. The minimum absolute atomic E-state index is 0.106. The maximum atomic E-state index is 13.6. The van der Waals surface area contributed by atoms with Crippen LogP contribution in [-0.4, -0.2) is 17.4 Å². The molecule has 3 aromatic rings. The maximum absolute atomic E-state index is 13.6. The van der Waals surface area contributed by atoms with E-state index in [1.807, 2.05) is 0 Å². The van der Waals surface area contributed by atoms with Gasteiger partial charge in [-0.2, -0.15) is 13.2 Å². The first-order valence-electron chi connectivity index (χ1n) is 7.95. The van der Waals surface area contributed by atoms with Crippen LogP contribution in [0.2, 0.25) is 0 Å². The van der Waals surface area contributed by atoms with E-state index in [1.165, 1.54) is 30.3 Å². The first-order valence-corrected chi connectivity index (χ1v) is 7.95. The van der Waals surface area contributed by atoms with Gasteiger partial charge in [-0.25, -0.2) is 8.78 Å². The lowest BCUT2D eigenvalue weighted by molar-refractivity contribution is -0.136. The van der Waals surface area contributed by atoms with Gasteiger partial charge in [0.05, 0.1) is 16.6 Å². The summed E-state index contributed by atoms with van der Waals surface area (Å²) in [5, 5.41) is 2.07. The number of aromatic nitrogens is 1. The Kier molecular flexibility index (Phi) is 5.07. The quantitative estimate of drug-likeness (QED) is 0.677. The van der Waals surface area contributed by atoms with E-state index in [4.69, 9.17) is 0 Å². The molecule has 3 nitrogen and oxygen atoms in total. The van der Waals surface area contributed by atoms with Crippen LogP contribution >= 0.6 is 0 Å². The van der Waals surface area contributed by atoms with Gasteiger partial charge in [0.15, 0.2) is 0 Å². The van der Waals surface area contributed by atoms with Crippen LogP contribution in [0.15, 0.2) is 48.7 Å². The number of nitrogens with one attached hydrogen (secondary N) is 1. The summed E-state index contributed by atoms with van der Waals surface area (Å²) in [6.07, 6.45) is -4.12. The Balaban J connectivity index is 1.86. The van der Waals surface area contributed by atoms with Gasteiger partial charge < -0.3 is 5.32 Å². The van der Waals surface area contributed by atoms with Gasteiger partial charge in [-0.15, -0.1) is 0 Å². The lowest BCUT2D eigenvalue weighted by Gasteiger charge is -2.15. The summed E-state index contributed by atoms with van der Waals surface area (Å²) in [5.74, 6) is -2.59. The van der Waals surface area contributed by atoms with Crippen LogP contribution in [0.4, 0.5) is 22.0 Å². The van der Waals surface area contributed by atoms with E-state index in [1.54, 1.807) is 0 Å². The van der Waals surface area contributed by atoms with Crippen molar-refractivity contribution in [2.75, 3.05) is 6.54 Å². The molecule has 0 radical (unpaired) electrons. The summed E-state index contributed by atoms with van der Waals surface area (Å²) in [4.78, 5) is 16.2. The van der Waals surface area contributed by atoms with Crippen LogP contribution in [0.1, 0.15) is 21.5 Å². The number of halogens is 5. The monoisotopic (exact) mass is 380 g/mol. The average Bonchev–Trinajstić information content (AvgIpc) is 2.62. The number of amides is 1. The lowest BCUT2D eigenvalue weighted by atomic mass is 10.0. The normalized spacial score (nSPS) is 11.6. The molecule has 0 aliphatic rings. The Hall–Kier alpha value is -3.03. The van der Waals surface area contributed by atoms with Crippen molar-refractivity contribution in [2.45, 2.75) is 12.6 Å². The maximum Gasteiger partial charge on any atom is 0.417 e. The number of fused-ring (bicyclic) bond motifs is 1. The highest BCUT2D eigenvalue weighted by molar-refractivity contribution is 6.00. The van der Waals surface area contributed by atoms with Crippen molar-refractivity contribution in [3.05, 3.63) is 77.0 Å². The van der Waals surface area contributed by atoms with E-state index in [9.17, 15) is 26.7 Å². The van der Waals surface area contributed by atoms with Crippen molar-refractivity contribution in [3.63, 3.8) is 0 Å². The standard InChI is InChI=1S/C19H13F5N2O/c20-14-5-3-6-15(21)11(14)8-9-25-18(27)13-10-26-16-7-2-1-4-12(16)17(13)19(22,23)24/h1-7,10H,8-9H2,(H,25,27). The first-order chi connectivity index (χ1) is 12.8. The third kappa shape index (κ3) is 3.89. The van der Waals surface area contributed by atoms with Gasteiger partial charge in [0.1, 0.15) is 11.6 Å². The number of pyridine rings is 1. The van der Waals surface area contributed by atoms with Crippen molar-refractivity contribution >= 4 is 16.8 Å². The molecule has 0 aliphatic heterocycles. The second-order valence-corrected chi connectivity index (χ2v) is 5.77. The molecule has 0 spiro atoms. The topological polar surface area (TPSA) is 42.0 Å². The van der Waals surface area contributed by atoms with E-state index in [0.717, 1.165) is 18.3 Å². The van der Waals surface area contributed by atoms with Gasteiger partial charge in [0.2, 0.25) is 0 Å². The lowest BCUT2D eigenvalue weighted by Crippen LogP contribution is -2.29. The number of nitrogens with zero attached hydrogens (tertiary/aromatic N) is 1. The molecule has 0 bridgehead atoms. The second kappa shape index (κ2) is 7.30. The largest absolute Gasteiger partial charge is 0.417 e. The van der Waals surface area contributed by atoms with Crippen molar-refractivity contribution < 1.29 is 26.7 Å². The summed E-state index contributed by atoms with van der Waals surface area (Å²) >= 11 is 0. The van der Waals surface area contributed by atoms with E-state index < -0.39 is 34.8 Å². The highest BCUT2D eigenvalue weighted by Gasteiger charge is 2.37. The van der Waals surface area contributed by atoms with Crippen LogP contribution in [0.3, 0.4) is 0 Å². The molecule has 1 N–H and O–H groups in total. The van der Waals surface area contributed by atoms with E-state index in [2.05, 4.69) is 10.3 Å². The van der Waals surface area contributed by atoms with Crippen LogP contribution in [0.25, 0.3) is 10.9 Å². The van der Waals surface area contributed by atoms with Gasteiger partial charge in [-0.3, -0.25) is 9.78 Å². The molecule has 0 unspecified atom stereocenters. The van der Waals surface area contributed by atoms with Gasteiger partial charge in [-0.05, 0) is 24.6 Å². The van der Waals surface area contributed by atoms with Crippen LogP contribution < -0.4 is 5.32 Å². The summed E-state index contributed by atoms with van der Waals surface area (Å²) in [5.41, 5.74) is -1.88. The third-order valence-electron chi connectivity index (χ3n) is 4.03. The molecule has 2 aromatic carbocycles.